The molecule has 0 aromatic carbocycles. The van der Waals surface area contributed by atoms with E-state index in [9.17, 15) is 18.0 Å². The molecule has 3 heterocycles. The van der Waals surface area contributed by atoms with Gasteiger partial charge < -0.3 is 4.90 Å². The van der Waals surface area contributed by atoms with Crippen LogP contribution in [0.2, 0.25) is 0 Å². The maximum atomic E-state index is 13.6. The Morgan fingerprint density at radius 3 is 2.57 bits per heavy atom. The number of carbonyl (C=O) groups excluding carboxylic acids is 1. The van der Waals surface area contributed by atoms with E-state index >= 15 is 0 Å². The largest absolute Gasteiger partial charge is 0.433 e. The molecule has 1 atom stereocenters. The fraction of sp³-hybridized carbons (Fsp3) is 0.650. The van der Waals surface area contributed by atoms with Crippen LogP contribution in [0.4, 0.5) is 13.2 Å². The monoisotopic (exact) mass is 394 g/mol. The molecule has 28 heavy (non-hydrogen) atoms. The summed E-state index contributed by atoms with van der Waals surface area (Å²) >= 11 is 0. The van der Waals surface area contributed by atoms with Gasteiger partial charge >= 0.3 is 6.18 Å². The molecule has 0 N–H and O–H groups in total. The number of carbonyl (C=O) groups is 1. The first-order chi connectivity index (χ1) is 13.3. The zero-order chi connectivity index (χ0) is 19.9. The second-order valence-corrected chi connectivity index (χ2v) is 8.08. The standard InChI is InChI=1S/C20H25F3N4O/c1-13-10-18-24-16(11-17(20(21,22)23)27(18)25-13)15-8-5-9-26(12-15)19(28)14-6-3-2-4-7-14/h10-11,14-15H,2-9,12H2,1H3. The number of hydrogen-bond donors (Lipinski definition) is 0. The Kier molecular flexibility index (Phi) is 5.05. The maximum Gasteiger partial charge on any atom is 0.433 e. The zero-order valence-electron chi connectivity index (χ0n) is 16.0. The van der Waals surface area contributed by atoms with Gasteiger partial charge in [-0.1, -0.05) is 19.3 Å². The Morgan fingerprint density at radius 2 is 1.86 bits per heavy atom. The van der Waals surface area contributed by atoms with Crippen molar-refractivity contribution >= 4 is 11.6 Å². The number of aromatic nitrogens is 3. The van der Waals surface area contributed by atoms with Crippen LogP contribution in [0.15, 0.2) is 12.1 Å². The smallest absolute Gasteiger partial charge is 0.342 e. The average Bonchev–Trinajstić information content (AvgIpc) is 3.06. The van der Waals surface area contributed by atoms with Crippen molar-refractivity contribution in [2.45, 2.75) is 64.0 Å². The molecule has 2 aromatic heterocycles. The van der Waals surface area contributed by atoms with Crippen LogP contribution in [0.5, 0.6) is 0 Å². The summed E-state index contributed by atoms with van der Waals surface area (Å²) in [5.41, 5.74) is 0.295. The minimum atomic E-state index is -4.51. The number of nitrogens with zero attached hydrogens (tertiary/aromatic N) is 4. The van der Waals surface area contributed by atoms with Crippen molar-refractivity contribution in [1.82, 2.24) is 19.5 Å². The highest BCUT2D eigenvalue weighted by Crippen LogP contribution is 2.34. The molecule has 1 saturated heterocycles. The summed E-state index contributed by atoms with van der Waals surface area (Å²) in [5, 5.41) is 3.94. The van der Waals surface area contributed by atoms with Gasteiger partial charge in [-0.05, 0) is 38.7 Å². The van der Waals surface area contributed by atoms with Gasteiger partial charge in [0.15, 0.2) is 5.65 Å². The third-order valence-corrected chi connectivity index (χ3v) is 5.97. The van der Waals surface area contributed by atoms with Gasteiger partial charge in [0.05, 0.1) is 5.69 Å². The van der Waals surface area contributed by atoms with E-state index in [1.807, 2.05) is 4.90 Å². The molecule has 1 aliphatic heterocycles. The van der Waals surface area contributed by atoms with Gasteiger partial charge in [-0.25, -0.2) is 9.50 Å². The van der Waals surface area contributed by atoms with E-state index in [-0.39, 0.29) is 23.4 Å². The summed E-state index contributed by atoms with van der Waals surface area (Å²) < 4.78 is 41.6. The molecule has 1 amide bonds. The fourth-order valence-corrected chi connectivity index (χ4v) is 4.55. The van der Waals surface area contributed by atoms with E-state index in [1.165, 1.54) is 6.42 Å². The normalized spacial score (nSPS) is 22.0. The molecule has 152 valence electrons. The molecular formula is C20H25F3N4O. The summed E-state index contributed by atoms with van der Waals surface area (Å²) in [6, 6.07) is 2.67. The second kappa shape index (κ2) is 7.37. The number of halogens is 3. The molecule has 2 aromatic rings. The lowest BCUT2D eigenvalue weighted by Crippen LogP contribution is -2.43. The second-order valence-electron chi connectivity index (χ2n) is 8.08. The van der Waals surface area contributed by atoms with Gasteiger partial charge in [0, 0.05) is 36.7 Å². The summed E-state index contributed by atoms with van der Waals surface area (Å²) in [5.74, 6) is 0.0653. The lowest BCUT2D eigenvalue weighted by molar-refractivity contribution is -0.143. The molecule has 1 saturated carbocycles. The van der Waals surface area contributed by atoms with Crippen molar-refractivity contribution in [3.05, 3.63) is 29.2 Å². The molecule has 2 aliphatic rings. The SMILES string of the molecule is Cc1cc2nc(C3CCCN(C(=O)C4CCCCC4)C3)cc(C(F)(F)F)n2n1. The third-order valence-electron chi connectivity index (χ3n) is 5.97. The van der Waals surface area contributed by atoms with Crippen LogP contribution in [0.1, 0.15) is 67.9 Å². The highest BCUT2D eigenvalue weighted by Gasteiger charge is 2.37. The van der Waals surface area contributed by atoms with Crippen LogP contribution in [-0.4, -0.2) is 38.5 Å². The Morgan fingerprint density at radius 1 is 1.11 bits per heavy atom. The van der Waals surface area contributed by atoms with Crippen LogP contribution in [0, 0.1) is 12.8 Å². The van der Waals surface area contributed by atoms with Crippen molar-refractivity contribution < 1.29 is 18.0 Å². The molecule has 1 unspecified atom stereocenters. The van der Waals surface area contributed by atoms with E-state index in [4.69, 9.17) is 0 Å². The van der Waals surface area contributed by atoms with Crippen molar-refractivity contribution in [3.8, 4) is 0 Å². The fourth-order valence-electron chi connectivity index (χ4n) is 4.55. The first-order valence-corrected chi connectivity index (χ1v) is 10.1. The number of hydrogen-bond acceptors (Lipinski definition) is 3. The Balaban J connectivity index is 1.61. The quantitative estimate of drug-likeness (QED) is 0.761. The summed E-state index contributed by atoms with van der Waals surface area (Å²) in [6.07, 6.45) is 2.22. The van der Waals surface area contributed by atoms with E-state index in [2.05, 4.69) is 10.1 Å². The number of rotatable bonds is 2. The van der Waals surface area contributed by atoms with Gasteiger partial charge in [0.25, 0.3) is 0 Å². The van der Waals surface area contributed by atoms with Crippen LogP contribution < -0.4 is 0 Å². The van der Waals surface area contributed by atoms with Gasteiger partial charge in [-0.3, -0.25) is 4.79 Å². The minimum Gasteiger partial charge on any atom is -0.342 e. The topological polar surface area (TPSA) is 50.5 Å². The number of piperidine rings is 1. The van der Waals surface area contributed by atoms with E-state index in [0.717, 1.165) is 49.1 Å². The molecule has 4 rings (SSSR count). The van der Waals surface area contributed by atoms with E-state index in [0.29, 0.717) is 24.5 Å². The molecule has 0 spiro atoms. The first kappa shape index (κ1) is 19.2. The summed E-state index contributed by atoms with van der Waals surface area (Å²) in [4.78, 5) is 19.2. The average molecular weight is 394 g/mol. The number of fused-ring (bicyclic) bond motifs is 1. The number of alkyl halides is 3. The molecular weight excluding hydrogens is 369 g/mol. The van der Waals surface area contributed by atoms with Gasteiger partial charge in [-0.15, -0.1) is 0 Å². The van der Waals surface area contributed by atoms with Crippen LogP contribution in [0.3, 0.4) is 0 Å². The zero-order valence-corrected chi connectivity index (χ0v) is 16.0. The van der Waals surface area contributed by atoms with Gasteiger partial charge in [-0.2, -0.15) is 18.3 Å². The van der Waals surface area contributed by atoms with Gasteiger partial charge in [0.1, 0.15) is 5.69 Å². The first-order valence-electron chi connectivity index (χ1n) is 10.1. The molecule has 2 fully saturated rings. The number of amides is 1. The molecule has 8 heteroatoms. The van der Waals surface area contributed by atoms with Crippen molar-refractivity contribution in [1.29, 1.82) is 0 Å². The lowest BCUT2D eigenvalue weighted by atomic mass is 9.86. The predicted molar refractivity (Wildman–Crippen MR) is 97.9 cm³/mol. The highest BCUT2D eigenvalue weighted by molar-refractivity contribution is 5.79. The lowest BCUT2D eigenvalue weighted by Gasteiger charge is -2.35. The molecule has 0 radical (unpaired) electrons. The summed E-state index contributed by atoms with van der Waals surface area (Å²) in [6.45, 7) is 2.79. The van der Waals surface area contributed by atoms with Crippen molar-refractivity contribution in [3.63, 3.8) is 0 Å². The Bertz CT molecular complexity index is 870. The Labute approximate surface area is 161 Å². The third kappa shape index (κ3) is 3.73. The molecule has 0 bridgehead atoms. The van der Waals surface area contributed by atoms with E-state index in [1.54, 1.807) is 13.0 Å². The minimum absolute atomic E-state index is 0.0751. The van der Waals surface area contributed by atoms with Crippen molar-refractivity contribution in [2.75, 3.05) is 13.1 Å². The summed E-state index contributed by atoms with van der Waals surface area (Å²) in [7, 11) is 0. The number of aryl methyl sites for hydroxylation is 1. The number of likely N-dealkylation sites (tertiary alicyclic amines) is 1. The van der Waals surface area contributed by atoms with Crippen molar-refractivity contribution in [2.24, 2.45) is 5.92 Å². The predicted octanol–water partition coefficient (Wildman–Crippen LogP) is 4.34. The molecule has 1 aliphatic carbocycles. The van der Waals surface area contributed by atoms with Crippen LogP contribution >= 0.6 is 0 Å². The highest BCUT2D eigenvalue weighted by atomic mass is 19.4. The Hall–Kier alpha value is -2.12. The van der Waals surface area contributed by atoms with Crippen LogP contribution in [-0.2, 0) is 11.0 Å². The van der Waals surface area contributed by atoms with E-state index < -0.39 is 11.9 Å². The van der Waals surface area contributed by atoms with Crippen LogP contribution in [0.25, 0.3) is 5.65 Å². The van der Waals surface area contributed by atoms with Gasteiger partial charge in [0.2, 0.25) is 5.91 Å². The maximum absolute atomic E-state index is 13.6. The molecule has 5 nitrogen and oxygen atoms in total.